The number of pyridine rings is 1. The van der Waals surface area contributed by atoms with Crippen LogP contribution in [0, 0.1) is 5.41 Å². The van der Waals surface area contributed by atoms with Gasteiger partial charge in [0.2, 0.25) is 0 Å². The van der Waals surface area contributed by atoms with Crippen LogP contribution >= 0.6 is 11.6 Å². The Morgan fingerprint density at radius 2 is 1.90 bits per heavy atom. The summed E-state index contributed by atoms with van der Waals surface area (Å²) in [4.78, 5) is 17.0. The average molecular weight is 631 g/mol. The van der Waals surface area contributed by atoms with Gasteiger partial charge in [-0.1, -0.05) is 25.4 Å². The van der Waals surface area contributed by atoms with Crippen LogP contribution in [0.15, 0.2) is 12.3 Å². The number of aromatic nitrogens is 3. The molecule has 2 heterocycles. The van der Waals surface area contributed by atoms with Crippen molar-refractivity contribution in [3.05, 3.63) is 28.7 Å². The molecule has 1 saturated carbocycles. The number of carbonyl (C=O) groups excluding carboxylic acids is 1. The molecule has 0 radical (unpaired) electrons. The summed E-state index contributed by atoms with van der Waals surface area (Å²) in [5.41, 5.74) is -4.12. The van der Waals surface area contributed by atoms with Crippen LogP contribution in [0.2, 0.25) is 5.02 Å². The fourth-order valence-corrected chi connectivity index (χ4v) is 6.05. The molecule has 0 bridgehead atoms. The molecular weight excluding hydrogens is 599 g/mol. The third-order valence-corrected chi connectivity index (χ3v) is 9.28. The minimum atomic E-state index is -4.58. The second kappa shape index (κ2) is 12.0. The minimum Gasteiger partial charge on any atom is -0.434 e. The van der Waals surface area contributed by atoms with Gasteiger partial charge in [-0.15, -0.1) is 0 Å². The predicted molar refractivity (Wildman–Crippen MR) is 141 cm³/mol. The fourth-order valence-electron chi connectivity index (χ4n) is 4.63. The first kappa shape index (κ1) is 33.0. The first-order chi connectivity index (χ1) is 18.8. The van der Waals surface area contributed by atoms with Crippen molar-refractivity contribution >= 4 is 27.3 Å². The Balaban J connectivity index is 1.89. The van der Waals surface area contributed by atoms with E-state index in [1.54, 1.807) is 6.92 Å². The lowest BCUT2D eigenvalue weighted by atomic mass is 9.84. The number of hydrogen-bond acceptors (Lipinski definition) is 7. The Kier molecular flexibility index (Phi) is 9.65. The molecule has 0 unspecified atom stereocenters. The Hall–Kier alpha value is -2.52. The molecule has 2 aromatic heterocycles. The van der Waals surface area contributed by atoms with Crippen molar-refractivity contribution in [3.8, 4) is 17.0 Å². The predicted octanol–water partition coefficient (Wildman–Crippen LogP) is 4.80. The number of aryl methyl sites for hydroxylation is 1. The van der Waals surface area contributed by atoms with Gasteiger partial charge < -0.3 is 15.2 Å². The zero-order valence-corrected chi connectivity index (χ0v) is 24.4. The number of sulfone groups is 1. The summed E-state index contributed by atoms with van der Waals surface area (Å²) in [5, 5.41) is 16.7. The van der Waals surface area contributed by atoms with E-state index in [9.17, 15) is 40.3 Å². The maximum atomic E-state index is 13.4. The molecule has 3 rings (SSSR count). The highest BCUT2D eigenvalue weighted by Crippen LogP contribution is 2.42. The summed E-state index contributed by atoms with van der Waals surface area (Å²) >= 11 is 6.48. The summed E-state index contributed by atoms with van der Waals surface area (Å²) in [7, 11) is -3.26. The molecule has 0 aromatic carbocycles. The van der Waals surface area contributed by atoms with Crippen molar-refractivity contribution in [2.24, 2.45) is 5.41 Å². The molecule has 0 atom stereocenters. The Bertz CT molecular complexity index is 1370. The molecular formula is C25H32ClF5N4O5S. The molecule has 230 valence electrons. The first-order valence-electron chi connectivity index (χ1n) is 12.7. The van der Waals surface area contributed by atoms with Gasteiger partial charge >= 0.3 is 12.8 Å². The smallest absolute Gasteiger partial charge is 0.394 e. The molecule has 2 aromatic rings. The van der Waals surface area contributed by atoms with Crippen LogP contribution in [0.1, 0.15) is 62.6 Å². The summed E-state index contributed by atoms with van der Waals surface area (Å²) in [6, 6.07) is 0.973. The van der Waals surface area contributed by atoms with Gasteiger partial charge in [0, 0.05) is 43.7 Å². The lowest BCUT2D eigenvalue weighted by Crippen LogP contribution is -2.47. The van der Waals surface area contributed by atoms with Crippen molar-refractivity contribution < 1.29 is 45.0 Å². The number of halogens is 6. The highest BCUT2D eigenvalue weighted by atomic mass is 35.5. The average Bonchev–Trinajstić information content (AvgIpc) is 3.17. The molecule has 1 amide bonds. The van der Waals surface area contributed by atoms with E-state index in [1.165, 1.54) is 4.68 Å². The maximum Gasteiger partial charge on any atom is 0.394 e. The second-order valence-corrected chi connectivity index (χ2v) is 13.6. The standard InChI is InChI=1S/C25H32ClF5N4O5S/c1-5-35-20(16-12-32-14(10-17(16)40-22(27)28)11-23(2,3)25(29,30)31)18(26)19(34-35)21(36)33-13-24(37)8-6-15(7-9-24)41(4,38)39/h10,12,15,22,37H,5-9,11,13H2,1-4H3,(H,33,36)/t15-,24+. The molecule has 9 nitrogen and oxygen atoms in total. The van der Waals surface area contributed by atoms with E-state index >= 15 is 0 Å². The van der Waals surface area contributed by atoms with Crippen LogP contribution in [-0.4, -0.2) is 70.6 Å². The van der Waals surface area contributed by atoms with Gasteiger partial charge in [0.25, 0.3) is 5.91 Å². The summed E-state index contributed by atoms with van der Waals surface area (Å²) in [5.74, 6) is -1.28. The molecule has 0 saturated heterocycles. The molecule has 41 heavy (non-hydrogen) atoms. The number of amides is 1. The van der Waals surface area contributed by atoms with Gasteiger partial charge in [0.1, 0.15) is 15.6 Å². The molecule has 16 heteroatoms. The van der Waals surface area contributed by atoms with E-state index in [2.05, 4.69) is 20.1 Å². The highest BCUT2D eigenvalue weighted by Gasteiger charge is 2.47. The van der Waals surface area contributed by atoms with Crippen LogP contribution in [-0.2, 0) is 22.8 Å². The van der Waals surface area contributed by atoms with Gasteiger partial charge in [-0.25, -0.2) is 8.42 Å². The van der Waals surface area contributed by atoms with Crippen LogP contribution in [0.25, 0.3) is 11.3 Å². The van der Waals surface area contributed by atoms with Crippen LogP contribution < -0.4 is 10.1 Å². The quantitative estimate of drug-likeness (QED) is 0.362. The maximum absolute atomic E-state index is 13.4. The number of aliphatic hydroxyl groups is 1. The van der Waals surface area contributed by atoms with Crippen LogP contribution in [0.3, 0.4) is 0 Å². The summed E-state index contributed by atoms with van der Waals surface area (Å²) < 4.78 is 96.2. The Morgan fingerprint density at radius 3 is 2.41 bits per heavy atom. The van der Waals surface area contributed by atoms with Gasteiger partial charge in [-0.2, -0.15) is 27.1 Å². The topological polar surface area (TPSA) is 123 Å². The number of nitrogens with one attached hydrogen (secondary N) is 1. The zero-order valence-electron chi connectivity index (χ0n) is 22.9. The Labute approximate surface area is 239 Å². The fraction of sp³-hybridized carbons (Fsp3) is 0.640. The molecule has 1 aliphatic rings. The van der Waals surface area contributed by atoms with Crippen molar-refractivity contribution in [3.63, 3.8) is 0 Å². The molecule has 1 fully saturated rings. The SMILES string of the molecule is CCn1nc(C(=O)NC[C@]2(O)CC[C@@H](S(C)(=O)=O)CC2)c(Cl)c1-c1cnc(CC(C)(C)C(F)(F)F)cc1OC(F)F. The lowest BCUT2D eigenvalue weighted by Gasteiger charge is -2.35. The number of hydrogen-bond donors (Lipinski definition) is 2. The minimum absolute atomic E-state index is 0.0172. The third kappa shape index (κ3) is 7.66. The van der Waals surface area contributed by atoms with E-state index < -0.39 is 57.0 Å². The largest absolute Gasteiger partial charge is 0.434 e. The van der Waals surface area contributed by atoms with Crippen molar-refractivity contribution in [1.29, 1.82) is 0 Å². The molecule has 1 aliphatic carbocycles. The second-order valence-electron chi connectivity index (χ2n) is 10.9. The van der Waals surface area contributed by atoms with Gasteiger partial charge in [0.15, 0.2) is 5.69 Å². The summed E-state index contributed by atoms with van der Waals surface area (Å²) in [6.07, 6.45) is -2.26. The number of ether oxygens (including phenoxy) is 1. The lowest BCUT2D eigenvalue weighted by molar-refractivity contribution is -0.211. The highest BCUT2D eigenvalue weighted by molar-refractivity contribution is 7.91. The monoisotopic (exact) mass is 630 g/mol. The molecule has 0 spiro atoms. The summed E-state index contributed by atoms with van der Waals surface area (Å²) in [6.45, 7) is 0.140. The number of nitrogens with zero attached hydrogens (tertiary/aromatic N) is 3. The van der Waals surface area contributed by atoms with Gasteiger partial charge in [-0.05, 0) is 32.6 Å². The van der Waals surface area contributed by atoms with E-state index in [0.29, 0.717) is 0 Å². The zero-order chi connectivity index (χ0) is 31.0. The third-order valence-electron chi connectivity index (χ3n) is 7.24. The van der Waals surface area contributed by atoms with Gasteiger partial charge in [0.05, 0.1) is 32.5 Å². The van der Waals surface area contributed by atoms with E-state index in [-0.39, 0.29) is 66.4 Å². The Morgan fingerprint density at radius 1 is 1.29 bits per heavy atom. The number of rotatable bonds is 10. The molecule has 0 aliphatic heterocycles. The van der Waals surface area contributed by atoms with Crippen LogP contribution in [0.5, 0.6) is 5.75 Å². The normalized spacial score (nSPS) is 20.3. The number of carbonyl (C=O) groups is 1. The van der Waals surface area contributed by atoms with E-state index in [0.717, 1.165) is 32.4 Å². The first-order valence-corrected chi connectivity index (χ1v) is 15.1. The van der Waals surface area contributed by atoms with E-state index in [4.69, 9.17) is 11.6 Å². The number of alkyl halides is 5. The molecule has 2 N–H and O–H groups in total. The van der Waals surface area contributed by atoms with Crippen molar-refractivity contribution in [2.45, 2.75) is 83.1 Å². The van der Waals surface area contributed by atoms with Gasteiger partial charge in [-0.3, -0.25) is 14.5 Å². The van der Waals surface area contributed by atoms with Crippen molar-refractivity contribution in [2.75, 3.05) is 12.8 Å². The van der Waals surface area contributed by atoms with Crippen LogP contribution in [0.4, 0.5) is 22.0 Å². The van der Waals surface area contributed by atoms with Crippen molar-refractivity contribution in [1.82, 2.24) is 20.1 Å². The van der Waals surface area contributed by atoms with E-state index in [1.807, 2.05) is 0 Å².